The molecular weight excluding hydrogens is 460 g/mol. The summed E-state index contributed by atoms with van der Waals surface area (Å²) in [5.74, 6) is 0. The van der Waals surface area contributed by atoms with Crippen LogP contribution in [0.4, 0.5) is 0 Å². The first-order valence-electron chi connectivity index (χ1n) is 12.8. The third kappa shape index (κ3) is 9.60. The molecule has 0 saturated heterocycles. The zero-order valence-electron chi connectivity index (χ0n) is 21.3. The summed E-state index contributed by atoms with van der Waals surface area (Å²) in [6.07, 6.45) is 0. The number of ether oxygens (including phenoxy) is 4. The second-order valence-corrected chi connectivity index (χ2v) is 9.41. The first-order chi connectivity index (χ1) is 18.3. The lowest BCUT2D eigenvalue weighted by Crippen LogP contribution is -2.41. The maximum atomic E-state index is 6.25. The second kappa shape index (κ2) is 15.1. The van der Waals surface area contributed by atoms with Gasteiger partial charge in [-0.25, -0.2) is 0 Å². The lowest BCUT2D eigenvalue weighted by molar-refractivity contribution is -0.117. The molecule has 4 rings (SSSR count). The molecule has 37 heavy (non-hydrogen) atoms. The monoisotopic (exact) mass is 496 g/mol. The van der Waals surface area contributed by atoms with Gasteiger partial charge in [-0.15, -0.1) is 0 Å². The van der Waals surface area contributed by atoms with E-state index in [0.717, 1.165) is 22.3 Å². The van der Waals surface area contributed by atoms with Gasteiger partial charge in [0.2, 0.25) is 0 Å². The zero-order valence-corrected chi connectivity index (χ0v) is 21.3. The van der Waals surface area contributed by atoms with Crippen molar-refractivity contribution >= 4 is 0 Å². The number of rotatable bonds is 16. The highest BCUT2D eigenvalue weighted by Crippen LogP contribution is 2.24. The first kappa shape index (κ1) is 26.8. The smallest absolute Gasteiger partial charge is 0.0717 e. The van der Waals surface area contributed by atoms with Gasteiger partial charge in [0.15, 0.2) is 0 Å². The maximum Gasteiger partial charge on any atom is 0.0717 e. The standard InChI is InChI=1S/C33H36O4/c1-5-13-29(14-6-1)21-34-25-33(26-35-22-30-15-7-2-8-16-30,27-36-23-31-17-9-3-10-18-31)28-37-24-32-19-11-4-12-20-32/h1-20H,21-28H2. The highest BCUT2D eigenvalue weighted by molar-refractivity contribution is 5.15. The third-order valence-electron chi connectivity index (χ3n) is 6.08. The summed E-state index contributed by atoms with van der Waals surface area (Å²) in [6.45, 7) is 3.94. The number of benzene rings is 4. The highest BCUT2D eigenvalue weighted by atomic mass is 16.5. The van der Waals surface area contributed by atoms with Crippen LogP contribution < -0.4 is 0 Å². The largest absolute Gasteiger partial charge is 0.376 e. The number of hydrogen-bond donors (Lipinski definition) is 0. The molecule has 0 amide bonds. The van der Waals surface area contributed by atoms with E-state index in [2.05, 4.69) is 48.5 Å². The molecule has 0 saturated carbocycles. The molecule has 0 fully saturated rings. The van der Waals surface area contributed by atoms with Gasteiger partial charge in [0.05, 0.1) is 58.3 Å². The molecule has 0 bridgehead atoms. The SMILES string of the molecule is c1ccc(COCC(COCc2ccccc2)(COCc2ccccc2)COCc2ccccc2)cc1. The molecule has 4 aromatic carbocycles. The molecule has 192 valence electrons. The fourth-order valence-corrected chi connectivity index (χ4v) is 4.09. The molecule has 0 spiro atoms. The van der Waals surface area contributed by atoms with Crippen molar-refractivity contribution in [1.29, 1.82) is 0 Å². The van der Waals surface area contributed by atoms with E-state index in [1.165, 1.54) is 0 Å². The van der Waals surface area contributed by atoms with Gasteiger partial charge in [-0.2, -0.15) is 0 Å². The van der Waals surface area contributed by atoms with Crippen molar-refractivity contribution in [1.82, 2.24) is 0 Å². The van der Waals surface area contributed by atoms with Crippen LogP contribution >= 0.6 is 0 Å². The quantitative estimate of drug-likeness (QED) is 0.170. The predicted octanol–water partition coefficient (Wildman–Crippen LogP) is 6.84. The Kier molecular flexibility index (Phi) is 10.9. The summed E-state index contributed by atoms with van der Waals surface area (Å²) >= 11 is 0. The van der Waals surface area contributed by atoms with Gasteiger partial charge >= 0.3 is 0 Å². The van der Waals surface area contributed by atoms with E-state index in [4.69, 9.17) is 18.9 Å². The van der Waals surface area contributed by atoms with Crippen molar-refractivity contribution in [3.05, 3.63) is 144 Å². The average Bonchev–Trinajstić information content (AvgIpc) is 2.95. The van der Waals surface area contributed by atoms with E-state index < -0.39 is 5.41 Å². The van der Waals surface area contributed by atoms with Gasteiger partial charge in [-0.05, 0) is 22.3 Å². The normalized spacial score (nSPS) is 11.5. The van der Waals surface area contributed by atoms with E-state index in [9.17, 15) is 0 Å². The van der Waals surface area contributed by atoms with Crippen LogP contribution in [0.3, 0.4) is 0 Å². The van der Waals surface area contributed by atoms with Crippen molar-refractivity contribution in [3.8, 4) is 0 Å². The minimum atomic E-state index is -0.465. The van der Waals surface area contributed by atoms with Gasteiger partial charge in [-0.1, -0.05) is 121 Å². The Labute approximate surface area is 220 Å². The summed E-state index contributed by atoms with van der Waals surface area (Å²) in [7, 11) is 0. The van der Waals surface area contributed by atoms with Crippen LogP contribution in [0.25, 0.3) is 0 Å². The molecule has 0 heterocycles. The molecule has 4 nitrogen and oxygen atoms in total. The van der Waals surface area contributed by atoms with E-state index in [1.807, 2.05) is 72.8 Å². The molecule has 0 radical (unpaired) electrons. The van der Waals surface area contributed by atoms with Crippen molar-refractivity contribution in [2.24, 2.45) is 5.41 Å². The Bertz CT molecular complexity index is 931. The molecular formula is C33H36O4. The molecule has 0 aromatic heterocycles. The third-order valence-corrected chi connectivity index (χ3v) is 6.08. The summed E-state index contributed by atoms with van der Waals surface area (Å²) in [5, 5.41) is 0. The molecule has 0 N–H and O–H groups in total. The Morgan fingerprint density at radius 1 is 0.324 bits per heavy atom. The highest BCUT2D eigenvalue weighted by Gasteiger charge is 2.33. The van der Waals surface area contributed by atoms with Crippen molar-refractivity contribution < 1.29 is 18.9 Å². The maximum absolute atomic E-state index is 6.25. The second-order valence-electron chi connectivity index (χ2n) is 9.41. The first-order valence-corrected chi connectivity index (χ1v) is 12.8. The van der Waals surface area contributed by atoms with Crippen LogP contribution in [0.1, 0.15) is 22.3 Å². The van der Waals surface area contributed by atoms with Gasteiger partial charge in [0.1, 0.15) is 0 Å². The van der Waals surface area contributed by atoms with E-state index in [-0.39, 0.29) is 0 Å². The molecule has 0 aliphatic rings. The van der Waals surface area contributed by atoms with Crippen molar-refractivity contribution in [3.63, 3.8) is 0 Å². The zero-order chi connectivity index (χ0) is 25.4. The molecule has 0 aliphatic heterocycles. The van der Waals surface area contributed by atoms with Crippen LogP contribution in [0.2, 0.25) is 0 Å². The number of hydrogen-bond acceptors (Lipinski definition) is 4. The Morgan fingerprint density at radius 3 is 0.757 bits per heavy atom. The van der Waals surface area contributed by atoms with Crippen LogP contribution in [0.15, 0.2) is 121 Å². The van der Waals surface area contributed by atoms with E-state index in [0.29, 0.717) is 52.9 Å². The molecule has 0 atom stereocenters. The fourth-order valence-electron chi connectivity index (χ4n) is 4.09. The summed E-state index contributed by atoms with van der Waals surface area (Å²) in [5.41, 5.74) is 4.08. The minimum Gasteiger partial charge on any atom is -0.376 e. The van der Waals surface area contributed by atoms with E-state index >= 15 is 0 Å². The lowest BCUT2D eigenvalue weighted by Gasteiger charge is -2.33. The summed E-state index contributed by atoms with van der Waals surface area (Å²) in [4.78, 5) is 0. The van der Waals surface area contributed by atoms with Crippen molar-refractivity contribution in [2.75, 3.05) is 26.4 Å². The Hall–Kier alpha value is -3.28. The predicted molar refractivity (Wildman–Crippen MR) is 147 cm³/mol. The molecule has 0 aliphatic carbocycles. The topological polar surface area (TPSA) is 36.9 Å². The average molecular weight is 497 g/mol. The van der Waals surface area contributed by atoms with Crippen LogP contribution in [0.5, 0.6) is 0 Å². The Morgan fingerprint density at radius 2 is 0.541 bits per heavy atom. The van der Waals surface area contributed by atoms with Crippen molar-refractivity contribution in [2.45, 2.75) is 26.4 Å². The Balaban J connectivity index is 1.44. The van der Waals surface area contributed by atoms with Gasteiger partial charge < -0.3 is 18.9 Å². The van der Waals surface area contributed by atoms with Gasteiger partial charge in [-0.3, -0.25) is 0 Å². The van der Waals surface area contributed by atoms with E-state index in [1.54, 1.807) is 0 Å². The van der Waals surface area contributed by atoms with Crippen LogP contribution in [0, 0.1) is 5.41 Å². The van der Waals surface area contributed by atoms with Gasteiger partial charge in [0.25, 0.3) is 0 Å². The van der Waals surface area contributed by atoms with Gasteiger partial charge in [0, 0.05) is 0 Å². The van der Waals surface area contributed by atoms with Crippen LogP contribution in [-0.4, -0.2) is 26.4 Å². The molecule has 4 heteroatoms. The minimum absolute atomic E-state index is 0.459. The molecule has 4 aromatic rings. The summed E-state index contributed by atoms with van der Waals surface area (Å²) < 4.78 is 25.0. The van der Waals surface area contributed by atoms with Crippen LogP contribution in [-0.2, 0) is 45.4 Å². The lowest BCUT2D eigenvalue weighted by atomic mass is 9.92. The summed E-state index contributed by atoms with van der Waals surface area (Å²) in [6, 6.07) is 40.9. The fraction of sp³-hybridized carbons (Fsp3) is 0.273. The molecule has 0 unspecified atom stereocenters.